The average molecular weight is 404 g/mol. The zero-order valence-electron chi connectivity index (χ0n) is 14.7. The Hall–Kier alpha value is -3.46. The van der Waals surface area contributed by atoms with Gasteiger partial charge in [-0.15, -0.1) is 0 Å². The van der Waals surface area contributed by atoms with Crippen molar-refractivity contribution in [1.29, 1.82) is 0 Å². The molecule has 0 fully saturated rings. The molecule has 0 saturated carbocycles. The Morgan fingerprint density at radius 2 is 1.86 bits per heavy atom. The molecule has 7 nitrogen and oxygen atoms in total. The highest BCUT2D eigenvalue weighted by atomic mass is 35.5. The molecule has 0 bridgehead atoms. The van der Waals surface area contributed by atoms with Crippen LogP contribution in [0, 0.1) is 18.6 Å². The summed E-state index contributed by atoms with van der Waals surface area (Å²) in [7, 11) is 0. The molecule has 28 heavy (non-hydrogen) atoms. The zero-order chi connectivity index (χ0) is 20.3. The molecular weight excluding hydrogens is 388 g/mol. The van der Waals surface area contributed by atoms with Gasteiger partial charge in [0.1, 0.15) is 22.5 Å². The van der Waals surface area contributed by atoms with Gasteiger partial charge in [0, 0.05) is 29.2 Å². The van der Waals surface area contributed by atoms with Crippen LogP contribution in [0.15, 0.2) is 43.2 Å². The molecule has 0 amide bonds. The lowest BCUT2D eigenvalue weighted by Crippen LogP contribution is -2.04. The molecule has 0 unspecified atom stereocenters. The molecule has 144 valence electrons. The molecule has 0 atom stereocenters. The van der Waals surface area contributed by atoms with E-state index in [0.29, 0.717) is 17.1 Å². The number of hydrogen-bond acceptors (Lipinski definition) is 7. The first-order valence-electron chi connectivity index (χ1n) is 8.03. The summed E-state index contributed by atoms with van der Waals surface area (Å²) in [6, 6.07) is 5.24. The fourth-order valence-corrected chi connectivity index (χ4v) is 2.65. The smallest absolute Gasteiger partial charge is 0.223 e. The van der Waals surface area contributed by atoms with Gasteiger partial charge < -0.3 is 21.7 Å². The van der Waals surface area contributed by atoms with E-state index in [-0.39, 0.29) is 28.3 Å². The summed E-state index contributed by atoms with van der Waals surface area (Å²) in [4.78, 5) is 11.8. The lowest BCUT2D eigenvalue weighted by molar-refractivity contribution is 0.591. The minimum Gasteiger partial charge on any atom is -0.368 e. The van der Waals surface area contributed by atoms with Crippen LogP contribution in [-0.2, 0) is 0 Å². The Labute approximate surface area is 164 Å². The Morgan fingerprint density at radius 1 is 1.14 bits per heavy atom. The summed E-state index contributed by atoms with van der Waals surface area (Å²) in [6.07, 6.45) is 2.98. The Kier molecular flexibility index (Phi) is 5.55. The van der Waals surface area contributed by atoms with Crippen molar-refractivity contribution in [3.8, 4) is 0 Å². The van der Waals surface area contributed by atoms with Crippen LogP contribution in [0.4, 0.5) is 43.4 Å². The third kappa shape index (κ3) is 4.26. The number of aromatic nitrogens is 3. The van der Waals surface area contributed by atoms with E-state index in [4.69, 9.17) is 17.3 Å². The van der Waals surface area contributed by atoms with Crippen LogP contribution >= 0.6 is 11.6 Å². The maximum absolute atomic E-state index is 14.6. The van der Waals surface area contributed by atoms with Crippen molar-refractivity contribution in [2.24, 2.45) is 0 Å². The Balaban J connectivity index is 1.88. The molecule has 0 spiro atoms. The second-order valence-corrected chi connectivity index (χ2v) is 6.07. The maximum Gasteiger partial charge on any atom is 0.223 e. The van der Waals surface area contributed by atoms with Crippen LogP contribution in [0.2, 0.25) is 5.15 Å². The van der Waals surface area contributed by atoms with Crippen LogP contribution in [0.25, 0.3) is 0 Å². The van der Waals surface area contributed by atoms with E-state index < -0.39 is 11.6 Å². The number of nitrogen functional groups attached to an aromatic ring is 1. The summed E-state index contributed by atoms with van der Waals surface area (Å²) in [5.41, 5.74) is 6.51. The summed E-state index contributed by atoms with van der Waals surface area (Å²) < 4.78 is 29.1. The highest BCUT2D eigenvalue weighted by Gasteiger charge is 2.14. The number of benzene rings is 1. The molecule has 3 aromatic rings. The van der Waals surface area contributed by atoms with Gasteiger partial charge in [0.15, 0.2) is 11.6 Å². The van der Waals surface area contributed by atoms with Crippen LogP contribution in [-0.4, -0.2) is 15.0 Å². The minimum absolute atomic E-state index is 0.0636. The van der Waals surface area contributed by atoms with Gasteiger partial charge in [-0.05, 0) is 31.3 Å². The lowest BCUT2D eigenvalue weighted by atomic mass is 10.2. The highest BCUT2D eigenvalue weighted by molar-refractivity contribution is 6.29. The number of nitrogens with zero attached hydrogens (tertiary/aromatic N) is 3. The molecule has 2 aromatic heterocycles. The van der Waals surface area contributed by atoms with Crippen molar-refractivity contribution in [3.05, 3.63) is 65.6 Å². The average Bonchev–Trinajstić information content (AvgIpc) is 2.60. The van der Waals surface area contributed by atoms with Crippen molar-refractivity contribution in [1.82, 2.24) is 15.0 Å². The number of nitrogens with two attached hydrogens (primary N) is 1. The standard InChI is InChI=1S/C18H16ClF2N7/c1-3-23-17-9(2)13(4-5-24-17)26-16-11(20)6-10(7-12(16)21)25-15-8-14(19)27-18(22)28-15/h3-8H,1H2,2H3,(H2,23,24,26)(H3,22,25,27,28). The van der Waals surface area contributed by atoms with Crippen LogP contribution in [0.5, 0.6) is 0 Å². The van der Waals surface area contributed by atoms with E-state index >= 15 is 0 Å². The van der Waals surface area contributed by atoms with Gasteiger partial charge in [-0.1, -0.05) is 18.2 Å². The second-order valence-electron chi connectivity index (χ2n) is 5.68. The molecule has 0 aliphatic carbocycles. The van der Waals surface area contributed by atoms with Gasteiger partial charge in [0.2, 0.25) is 5.95 Å². The van der Waals surface area contributed by atoms with Crippen LogP contribution in [0.1, 0.15) is 5.56 Å². The molecule has 2 heterocycles. The highest BCUT2D eigenvalue weighted by Crippen LogP contribution is 2.31. The first kappa shape index (κ1) is 19.3. The largest absolute Gasteiger partial charge is 0.368 e. The predicted octanol–water partition coefficient (Wildman–Crippen LogP) is 4.74. The monoisotopic (exact) mass is 403 g/mol. The van der Waals surface area contributed by atoms with Crippen molar-refractivity contribution in [3.63, 3.8) is 0 Å². The molecule has 1 aromatic carbocycles. The second kappa shape index (κ2) is 8.05. The summed E-state index contributed by atoms with van der Waals surface area (Å²) in [6.45, 7) is 5.33. The fraction of sp³-hybridized carbons (Fsp3) is 0.0556. The summed E-state index contributed by atoms with van der Waals surface area (Å²) in [5.74, 6) is -0.930. The third-order valence-electron chi connectivity index (χ3n) is 3.73. The predicted molar refractivity (Wildman–Crippen MR) is 107 cm³/mol. The minimum atomic E-state index is -0.801. The third-order valence-corrected chi connectivity index (χ3v) is 3.92. The van der Waals surface area contributed by atoms with Crippen molar-refractivity contribution in [2.75, 3.05) is 21.7 Å². The maximum atomic E-state index is 14.6. The first-order chi connectivity index (χ1) is 13.4. The molecule has 3 rings (SSSR count). The van der Waals surface area contributed by atoms with E-state index in [2.05, 4.69) is 37.5 Å². The van der Waals surface area contributed by atoms with Gasteiger partial charge in [0.25, 0.3) is 0 Å². The van der Waals surface area contributed by atoms with Gasteiger partial charge in [-0.2, -0.15) is 4.98 Å². The fourth-order valence-electron chi connectivity index (χ4n) is 2.46. The van der Waals surface area contributed by atoms with Crippen LogP contribution < -0.4 is 21.7 Å². The number of nitrogens with one attached hydrogen (secondary N) is 3. The van der Waals surface area contributed by atoms with E-state index in [0.717, 1.165) is 12.1 Å². The topological polar surface area (TPSA) is 101 Å². The van der Waals surface area contributed by atoms with E-state index in [9.17, 15) is 8.78 Å². The Bertz CT molecular complexity index is 999. The van der Waals surface area contributed by atoms with Crippen LogP contribution in [0.3, 0.4) is 0 Å². The lowest BCUT2D eigenvalue weighted by Gasteiger charge is -2.15. The van der Waals surface area contributed by atoms with Gasteiger partial charge in [-0.25, -0.2) is 18.7 Å². The molecule has 0 saturated heterocycles. The molecule has 0 radical (unpaired) electrons. The molecule has 10 heteroatoms. The summed E-state index contributed by atoms with van der Waals surface area (Å²) >= 11 is 5.80. The number of anilines is 6. The van der Waals surface area contributed by atoms with Crippen molar-refractivity contribution in [2.45, 2.75) is 6.92 Å². The van der Waals surface area contributed by atoms with Gasteiger partial charge >= 0.3 is 0 Å². The van der Waals surface area contributed by atoms with E-state index in [1.54, 1.807) is 13.0 Å². The normalized spacial score (nSPS) is 10.4. The van der Waals surface area contributed by atoms with Crippen molar-refractivity contribution >= 4 is 46.2 Å². The summed E-state index contributed by atoms with van der Waals surface area (Å²) in [5, 5.41) is 8.46. The van der Waals surface area contributed by atoms with E-state index in [1.165, 1.54) is 18.5 Å². The molecular formula is C18H16ClF2N7. The van der Waals surface area contributed by atoms with Gasteiger partial charge in [0.05, 0.1) is 0 Å². The molecule has 0 aliphatic rings. The number of hydrogen-bond donors (Lipinski definition) is 4. The van der Waals surface area contributed by atoms with Gasteiger partial charge in [-0.3, -0.25) is 0 Å². The SMILES string of the molecule is C=CNc1nccc(Nc2c(F)cc(Nc3cc(Cl)nc(N)n3)cc2F)c1C. The first-order valence-corrected chi connectivity index (χ1v) is 8.41. The number of halogens is 3. The molecule has 0 aliphatic heterocycles. The zero-order valence-corrected chi connectivity index (χ0v) is 15.5. The van der Waals surface area contributed by atoms with E-state index in [1.807, 2.05) is 0 Å². The number of rotatable bonds is 6. The Morgan fingerprint density at radius 3 is 2.50 bits per heavy atom. The number of pyridine rings is 1. The van der Waals surface area contributed by atoms with Crippen molar-refractivity contribution < 1.29 is 8.78 Å². The quantitative estimate of drug-likeness (QED) is 0.441. The molecule has 5 N–H and O–H groups in total.